The Morgan fingerprint density at radius 1 is 1.06 bits per heavy atom. The van der Waals surface area contributed by atoms with Crippen molar-refractivity contribution in [2.45, 2.75) is 31.8 Å². The molecule has 1 amide bonds. The first kappa shape index (κ1) is 23.5. The van der Waals surface area contributed by atoms with Gasteiger partial charge in [0.05, 0.1) is 24.0 Å². The highest BCUT2D eigenvalue weighted by Gasteiger charge is 2.30. The molecule has 32 heavy (non-hydrogen) atoms. The number of nitrogens with one attached hydrogen (secondary N) is 1. The van der Waals surface area contributed by atoms with Crippen LogP contribution in [0.3, 0.4) is 0 Å². The van der Waals surface area contributed by atoms with Crippen molar-refractivity contribution in [1.82, 2.24) is 19.8 Å². The second-order valence-corrected chi connectivity index (χ2v) is 7.93. The van der Waals surface area contributed by atoms with E-state index in [1.54, 1.807) is 0 Å². The second-order valence-electron chi connectivity index (χ2n) is 7.93. The molecule has 166 valence electrons. The largest absolute Gasteiger partial charge is 0.341 e. The lowest BCUT2D eigenvalue weighted by Crippen LogP contribution is -2.39. The fourth-order valence-electron chi connectivity index (χ4n) is 4.01. The molecule has 1 aliphatic heterocycles. The maximum Gasteiger partial charge on any atom is 0.239 e. The summed E-state index contributed by atoms with van der Waals surface area (Å²) >= 11 is 0. The molecule has 1 aliphatic rings. The number of halogens is 1. The molecular formula is C25H28ClN5O. The van der Waals surface area contributed by atoms with Gasteiger partial charge in [-0.05, 0) is 36.1 Å². The van der Waals surface area contributed by atoms with Crippen LogP contribution in [0.4, 0.5) is 0 Å². The van der Waals surface area contributed by atoms with E-state index in [4.69, 9.17) is 5.26 Å². The molecule has 1 fully saturated rings. The summed E-state index contributed by atoms with van der Waals surface area (Å²) in [7, 11) is 0. The Bertz CT molecular complexity index is 1040. The standard InChI is InChI=1S/C25H27N5O.ClH/c26-16-21-6-8-22(9-7-21)18-30-19-27-17-23(30)10-13-28-24-12-15-29(25(24)31)14-11-20-4-2-1-3-5-20;/h1-9,17,19,24,28H,10-15,18H2;1H/t24-;/m0./s1. The summed E-state index contributed by atoms with van der Waals surface area (Å²) < 4.78 is 2.12. The number of likely N-dealkylation sites (tertiary alicyclic amines) is 1. The number of benzene rings is 2. The first-order valence-corrected chi connectivity index (χ1v) is 10.8. The predicted octanol–water partition coefficient (Wildman–Crippen LogP) is 3.20. The summed E-state index contributed by atoms with van der Waals surface area (Å²) in [5.74, 6) is 0.210. The maximum absolute atomic E-state index is 12.7. The highest BCUT2D eigenvalue weighted by Crippen LogP contribution is 2.13. The highest BCUT2D eigenvalue weighted by atomic mass is 35.5. The average molecular weight is 450 g/mol. The molecule has 0 aliphatic carbocycles. The first-order chi connectivity index (χ1) is 15.2. The number of hydrogen-bond acceptors (Lipinski definition) is 4. The molecule has 0 radical (unpaired) electrons. The van der Waals surface area contributed by atoms with Crippen LogP contribution in [0.25, 0.3) is 0 Å². The molecule has 6 nitrogen and oxygen atoms in total. The topological polar surface area (TPSA) is 74.0 Å². The predicted molar refractivity (Wildman–Crippen MR) is 127 cm³/mol. The average Bonchev–Trinajstić information content (AvgIpc) is 3.40. The van der Waals surface area contributed by atoms with Crippen molar-refractivity contribution in [3.05, 3.63) is 89.5 Å². The Morgan fingerprint density at radius 2 is 1.84 bits per heavy atom. The molecule has 0 bridgehead atoms. The normalized spacial score (nSPS) is 15.4. The number of aromatic nitrogens is 2. The molecule has 0 saturated carbocycles. The van der Waals surface area contributed by atoms with E-state index < -0.39 is 0 Å². The van der Waals surface area contributed by atoms with E-state index in [0.717, 1.165) is 56.7 Å². The van der Waals surface area contributed by atoms with Crippen LogP contribution in [0.2, 0.25) is 0 Å². The number of carbonyl (C=O) groups is 1. The van der Waals surface area contributed by atoms with Gasteiger partial charge in [0.2, 0.25) is 5.91 Å². The lowest BCUT2D eigenvalue weighted by Gasteiger charge is -2.17. The van der Waals surface area contributed by atoms with Crippen molar-refractivity contribution in [2.24, 2.45) is 0 Å². The zero-order valence-corrected chi connectivity index (χ0v) is 18.8. The summed E-state index contributed by atoms with van der Waals surface area (Å²) in [5.41, 5.74) is 4.19. The van der Waals surface area contributed by atoms with Crippen LogP contribution in [-0.4, -0.2) is 46.0 Å². The third-order valence-corrected chi connectivity index (χ3v) is 5.82. The van der Waals surface area contributed by atoms with Gasteiger partial charge in [-0.15, -0.1) is 12.4 Å². The minimum atomic E-state index is -0.0920. The van der Waals surface area contributed by atoms with Gasteiger partial charge in [0, 0.05) is 44.5 Å². The number of hydrogen-bond donors (Lipinski definition) is 1. The molecular weight excluding hydrogens is 422 g/mol. The van der Waals surface area contributed by atoms with Gasteiger partial charge >= 0.3 is 0 Å². The van der Waals surface area contributed by atoms with E-state index in [0.29, 0.717) is 5.56 Å². The van der Waals surface area contributed by atoms with Crippen molar-refractivity contribution in [1.29, 1.82) is 5.26 Å². The van der Waals surface area contributed by atoms with Crippen molar-refractivity contribution in [3.63, 3.8) is 0 Å². The third kappa shape index (κ3) is 5.97. The van der Waals surface area contributed by atoms with Crippen molar-refractivity contribution in [2.75, 3.05) is 19.6 Å². The molecule has 1 aromatic heterocycles. The smallest absolute Gasteiger partial charge is 0.239 e. The van der Waals surface area contributed by atoms with Crippen molar-refractivity contribution >= 4 is 18.3 Å². The SMILES string of the molecule is Cl.N#Cc1ccc(Cn2cncc2CCN[C@H]2CCN(CCc3ccccc3)C2=O)cc1. The molecule has 7 heteroatoms. The molecule has 3 aromatic rings. The number of carbonyl (C=O) groups excluding carboxylic acids is 1. The molecule has 1 saturated heterocycles. The number of nitriles is 1. The number of imidazole rings is 1. The van der Waals surface area contributed by atoms with Gasteiger partial charge in [-0.25, -0.2) is 4.98 Å². The quantitative estimate of drug-likeness (QED) is 0.544. The van der Waals surface area contributed by atoms with Crippen LogP contribution in [0.15, 0.2) is 67.1 Å². The van der Waals surface area contributed by atoms with Crippen LogP contribution < -0.4 is 5.32 Å². The van der Waals surface area contributed by atoms with Crippen LogP contribution in [0.5, 0.6) is 0 Å². The highest BCUT2D eigenvalue weighted by molar-refractivity contribution is 5.85. The fourth-order valence-corrected chi connectivity index (χ4v) is 4.01. The third-order valence-electron chi connectivity index (χ3n) is 5.82. The lowest BCUT2D eigenvalue weighted by atomic mass is 10.1. The van der Waals surface area contributed by atoms with Crippen molar-refractivity contribution in [3.8, 4) is 6.07 Å². The fraction of sp³-hybridized carbons (Fsp3) is 0.320. The van der Waals surface area contributed by atoms with E-state index in [2.05, 4.69) is 33.1 Å². The Labute approximate surface area is 195 Å². The van der Waals surface area contributed by atoms with Gasteiger partial charge in [-0.2, -0.15) is 5.26 Å². The Hall–Kier alpha value is -3.14. The first-order valence-electron chi connectivity index (χ1n) is 10.8. The van der Waals surface area contributed by atoms with E-state index in [9.17, 15) is 4.79 Å². The molecule has 1 N–H and O–H groups in total. The number of nitrogens with zero attached hydrogens (tertiary/aromatic N) is 4. The minimum Gasteiger partial charge on any atom is -0.341 e. The van der Waals surface area contributed by atoms with E-state index in [-0.39, 0.29) is 24.4 Å². The molecule has 0 unspecified atom stereocenters. The van der Waals surface area contributed by atoms with Gasteiger partial charge in [-0.3, -0.25) is 4.79 Å². The number of rotatable bonds is 9. The Morgan fingerprint density at radius 3 is 2.59 bits per heavy atom. The van der Waals surface area contributed by atoms with E-state index >= 15 is 0 Å². The Balaban J connectivity index is 0.00000289. The summed E-state index contributed by atoms with van der Waals surface area (Å²) in [5, 5.41) is 12.4. The lowest BCUT2D eigenvalue weighted by molar-refractivity contribution is -0.129. The van der Waals surface area contributed by atoms with Gasteiger partial charge in [0.15, 0.2) is 0 Å². The molecule has 4 rings (SSSR count). The molecule has 2 aromatic carbocycles. The monoisotopic (exact) mass is 449 g/mol. The van der Waals surface area contributed by atoms with Gasteiger partial charge in [-0.1, -0.05) is 42.5 Å². The van der Waals surface area contributed by atoms with Crippen LogP contribution >= 0.6 is 12.4 Å². The van der Waals surface area contributed by atoms with E-state index in [1.807, 2.05) is 59.9 Å². The summed E-state index contributed by atoms with van der Waals surface area (Å²) in [4.78, 5) is 19.0. The molecule has 2 heterocycles. The number of amides is 1. The minimum absolute atomic E-state index is 0. The van der Waals surface area contributed by atoms with E-state index in [1.165, 1.54) is 5.56 Å². The van der Waals surface area contributed by atoms with Gasteiger partial charge < -0.3 is 14.8 Å². The van der Waals surface area contributed by atoms with Gasteiger partial charge in [0.25, 0.3) is 0 Å². The van der Waals surface area contributed by atoms with Crippen LogP contribution in [0, 0.1) is 11.3 Å². The summed E-state index contributed by atoms with van der Waals surface area (Å²) in [6.45, 7) is 3.05. The van der Waals surface area contributed by atoms with Crippen molar-refractivity contribution < 1.29 is 4.79 Å². The summed E-state index contributed by atoms with van der Waals surface area (Å²) in [6.07, 6.45) is 6.28. The molecule has 1 atom stereocenters. The van der Waals surface area contributed by atoms with Crippen LogP contribution in [0.1, 0.15) is 28.8 Å². The second kappa shape index (κ2) is 11.5. The zero-order valence-electron chi connectivity index (χ0n) is 18.0. The summed E-state index contributed by atoms with van der Waals surface area (Å²) in [6, 6.07) is 20.0. The maximum atomic E-state index is 12.7. The van der Waals surface area contributed by atoms with Crippen LogP contribution in [-0.2, 0) is 24.2 Å². The Kier molecular flexibility index (Phi) is 8.43. The van der Waals surface area contributed by atoms with Gasteiger partial charge in [0.1, 0.15) is 0 Å². The molecule has 0 spiro atoms. The zero-order chi connectivity index (χ0) is 21.5.